The van der Waals surface area contributed by atoms with Crippen molar-refractivity contribution >= 4 is 28.3 Å². The summed E-state index contributed by atoms with van der Waals surface area (Å²) >= 11 is 0. The standard InChI is InChI=1S/C19H15FN2O2/c1-11-16(9-13-7-8-14(20)10-18(13)21-11)19(24)22-17-6-4-3-5-15(17)12(2)23/h3-10H,1-2H3,(H,22,24). The Kier molecular flexibility index (Phi) is 4.08. The number of hydrogen-bond acceptors (Lipinski definition) is 3. The highest BCUT2D eigenvalue weighted by molar-refractivity contribution is 6.10. The zero-order valence-electron chi connectivity index (χ0n) is 13.3. The van der Waals surface area contributed by atoms with Gasteiger partial charge in [-0.2, -0.15) is 0 Å². The predicted octanol–water partition coefficient (Wildman–Crippen LogP) is 4.14. The van der Waals surface area contributed by atoms with Crippen LogP contribution in [0.15, 0.2) is 48.5 Å². The van der Waals surface area contributed by atoms with Crippen molar-refractivity contribution in [3.8, 4) is 0 Å². The molecule has 1 amide bonds. The molecule has 0 bridgehead atoms. The molecule has 0 aliphatic heterocycles. The van der Waals surface area contributed by atoms with E-state index in [1.54, 1.807) is 43.3 Å². The SMILES string of the molecule is CC(=O)c1ccccc1NC(=O)c1cc2ccc(F)cc2nc1C. The number of aryl methyl sites for hydroxylation is 1. The summed E-state index contributed by atoms with van der Waals surface area (Å²) in [4.78, 5) is 28.5. The lowest BCUT2D eigenvalue weighted by atomic mass is 10.1. The van der Waals surface area contributed by atoms with E-state index in [1.807, 2.05) is 0 Å². The summed E-state index contributed by atoms with van der Waals surface area (Å²) in [6.07, 6.45) is 0. The fourth-order valence-electron chi connectivity index (χ4n) is 2.56. The van der Waals surface area contributed by atoms with E-state index >= 15 is 0 Å². The van der Waals surface area contributed by atoms with E-state index in [-0.39, 0.29) is 17.5 Å². The van der Waals surface area contributed by atoms with Crippen LogP contribution in [0.4, 0.5) is 10.1 Å². The molecule has 0 aliphatic carbocycles. The summed E-state index contributed by atoms with van der Waals surface area (Å²) in [5.41, 5.74) is 2.26. The highest BCUT2D eigenvalue weighted by Gasteiger charge is 2.15. The maximum Gasteiger partial charge on any atom is 0.257 e. The van der Waals surface area contributed by atoms with E-state index < -0.39 is 0 Å². The van der Waals surface area contributed by atoms with Crippen LogP contribution >= 0.6 is 0 Å². The van der Waals surface area contributed by atoms with Crippen molar-refractivity contribution in [2.45, 2.75) is 13.8 Å². The van der Waals surface area contributed by atoms with Crippen molar-refractivity contribution in [2.24, 2.45) is 0 Å². The maximum absolute atomic E-state index is 13.3. The second kappa shape index (κ2) is 6.20. The zero-order chi connectivity index (χ0) is 17.3. The maximum atomic E-state index is 13.3. The van der Waals surface area contributed by atoms with Crippen LogP contribution in [0.25, 0.3) is 10.9 Å². The number of hydrogen-bond donors (Lipinski definition) is 1. The lowest BCUT2D eigenvalue weighted by Gasteiger charge is -2.11. The third-order valence-corrected chi connectivity index (χ3v) is 3.77. The number of Topliss-reactive ketones (excluding diaryl/α,β-unsaturated/α-hetero) is 1. The van der Waals surface area contributed by atoms with Gasteiger partial charge in [0.05, 0.1) is 22.5 Å². The van der Waals surface area contributed by atoms with Gasteiger partial charge in [0.15, 0.2) is 5.78 Å². The van der Waals surface area contributed by atoms with Crippen LogP contribution in [-0.4, -0.2) is 16.7 Å². The van der Waals surface area contributed by atoms with Gasteiger partial charge in [-0.3, -0.25) is 14.6 Å². The van der Waals surface area contributed by atoms with Gasteiger partial charge in [0, 0.05) is 17.0 Å². The van der Waals surface area contributed by atoms with Gasteiger partial charge in [0.1, 0.15) is 5.82 Å². The predicted molar refractivity (Wildman–Crippen MR) is 90.8 cm³/mol. The molecule has 2 aromatic carbocycles. The van der Waals surface area contributed by atoms with Gasteiger partial charge in [-0.25, -0.2) is 4.39 Å². The monoisotopic (exact) mass is 322 g/mol. The highest BCUT2D eigenvalue weighted by Crippen LogP contribution is 2.21. The van der Waals surface area contributed by atoms with Crippen molar-refractivity contribution in [2.75, 3.05) is 5.32 Å². The first-order chi connectivity index (χ1) is 11.5. The first-order valence-electron chi connectivity index (χ1n) is 7.44. The van der Waals surface area contributed by atoms with Gasteiger partial charge < -0.3 is 5.32 Å². The lowest BCUT2D eigenvalue weighted by Crippen LogP contribution is -2.16. The number of pyridine rings is 1. The smallest absolute Gasteiger partial charge is 0.257 e. The summed E-state index contributed by atoms with van der Waals surface area (Å²) < 4.78 is 13.3. The molecule has 24 heavy (non-hydrogen) atoms. The molecule has 5 heteroatoms. The van der Waals surface area contributed by atoms with Gasteiger partial charge in [-0.05, 0) is 44.2 Å². The summed E-state index contributed by atoms with van der Waals surface area (Å²) in [5, 5.41) is 3.42. The first kappa shape index (κ1) is 15.8. The zero-order valence-corrected chi connectivity index (χ0v) is 13.3. The number of aromatic nitrogens is 1. The molecule has 0 aliphatic rings. The number of nitrogens with zero attached hydrogens (tertiary/aromatic N) is 1. The number of benzene rings is 2. The topological polar surface area (TPSA) is 59.1 Å². The summed E-state index contributed by atoms with van der Waals surface area (Å²) in [6, 6.07) is 12.7. The molecule has 1 aromatic heterocycles. The Morgan fingerprint density at radius 1 is 1.04 bits per heavy atom. The average Bonchev–Trinajstić information content (AvgIpc) is 2.54. The number of rotatable bonds is 3. The molecule has 3 rings (SSSR count). The summed E-state index contributed by atoms with van der Waals surface area (Å²) in [7, 11) is 0. The molecule has 0 spiro atoms. The Labute approximate surface area is 138 Å². The Hall–Kier alpha value is -3.08. The number of fused-ring (bicyclic) bond motifs is 1. The quantitative estimate of drug-likeness (QED) is 0.737. The average molecular weight is 322 g/mol. The molecule has 3 aromatic rings. The molecule has 0 fully saturated rings. The number of carbonyl (C=O) groups excluding carboxylic acids is 2. The van der Waals surface area contributed by atoms with Crippen LogP contribution < -0.4 is 5.32 Å². The minimum Gasteiger partial charge on any atom is -0.321 e. The molecule has 0 saturated heterocycles. The van der Waals surface area contributed by atoms with Gasteiger partial charge in [0.2, 0.25) is 0 Å². The fourth-order valence-corrected chi connectivity index (χ4v) is 2.56. The van der Waals surface area contributed by atoms with E-state index in [2.05, 4.69) is 10.3 Å². The summed E-state index contributed by atoms with van der Waals surface area (Å²) in [5.74, 6) is -0.864. The lowest BCUT2D eigenvalue weighted by molar-refractivity contribution is 0.101. The summed E-state index contributed by atoms with van der Waals surface area (Å²) in [6.45, 7) is 3.14. The van der Waals surface area contributed by atoms with Gasteiger partial charge in [-0.1, -0.05) is 12.1 Å². The van der Waals surface area contributed by atoms with Crippen LogP contribution in [-0.2, 0) is 0 Å². The van der Waals surface area contributed by atoms with Gasteiger partial charge in [-0.15, -0.1) is 0 Å². The second-order valence-corrected chi connectivity index (χ2v) is 5.51. The number of nitrogens with one attached hydrogen (secondary N) is 1. The second-order valence-electron chi connectivity index (χ2n) is 5.51. The van der Waals surface area contributed by atoms with E-state index in [4.69, 9.17) is 0 Å². The normalized spacial score (nSPS) is 10.6. The highest BCUT2D eigenvalue weighted by atomic mass is 19.1. The number of amides is 1. The Morgan fingerprint density at radius 3 is 2.54 bits per heavy atom. The number of anilines is 1. The van der Waals surface area contributed by atoms with E-state index in [0.29, 0.717) is 33.4 Å². The van der Waals surface area contributed by atoms with E-state index in [9.17, 15) is 14.0 Å². The van der Waals surface area contributed by atoms with Crippen LogP contribution in [0.5, 0.6) is 0 Å². The van der Waals surface area contributed by atoms with Crippen LogP contribution in [0.1, 0.15) is 33.3 Å². The molecule has 0 saturated carbocycles. The molecule has 0 radical (unpaired) electrons. The van der Waals surface area contributed by atoms with Gasteiger partial charge in [0.25, 0.3) is 5.91 Å². The molecular weight excluding hydrogens is 307 g/mol. The van der Waals surface area contributed by atoms with Crippen molar-refractivity contribution in [1.29, 1.82) is 0 Å². The molecule has 1 heterocycles. The number of ketones is 1. The van der Waals surface area contributed by atoms with Crippen molar-refractivity contribution in [3.05, 3.63) is 71.2 Å². The minimum absolute atomic E-state index is 0.130. The number of para-hydroxylation sites is 1. The van der Waals surface area contributed by atoms with Gasteiger partial charge >= 0.3 is 0 Å². The first-order valence-corrected chi connectivity index (χ1v) is 7.44. The molecular formula is C19H15FN2O2. The minimum atomic E-state index is -0.373. The van der Waals surface area contributed by atoms with Crippen molar-refractivity contribution < 1.29 is 14.0 Å². The van der Waals surface area contributed by atoms with Crippen LogP contribution in [0, 0.1) is 12.7 Å². The van der Waals surface area contributed by atoms with E-state index in [0.717, 1.165) is 0 Å². The number of carbonyl (C=O) groups is 2. The Balaban J connectivity index is 1.99. The molecule has 0 atom stereocenters. The fraction of sp³-hybridized carbons (Fsp3) is 0.105. The third-order valence-electron chi connectivity index (χ3n) is 3.77. The van der Waals surface area contributed by atoms with E-state index in [1.165, 1.54) is 19.1 Å². The van der Waals surface area contributed by atoms with Crippen molar-refractivity contribution in [3.63, 3.8) is 0 Å². The molecule has 120 valence electrons. The van der Waals surface area contributed by atoms with Crippen LogP contribution in [0.2, 0.25) is 0 Å². The third kappa shape index (κ3) is 3.01. The molecule has 0 unspecified atom stereocenters. The largest absolute Gasteiger partial charge is 0.321 e. The Morgan fingerprint density at radius 2 is 1.79 bits per heavy atom. The molecule has 1 N–H and O–H groups in total. The molecule has 4 nitrogen and oxygen atoms in total. The number of halogens is 1. The Bertz CT molecular complexity index is 967. The van der Waals surface area contributed by atoms with Crippen molar-refractivity contribution in [1.82, 2.24) is 4.98 Å². The van der Waals surface area contributed by atoms with Crippen LogP contribution in [0.3, 0.4) is 0 Å².